The third-order valence-electron chi connectivity index (χ3n) is 4.41. The molecule has 0 saturated carbocycles. The Morgan fingerprint density at radius 2 is 1.83 bits per heavy atom. The SMILES string of the molecule is COc1ccc([C@@H]2NC(=O)NC(C)=C2C(=O)Nc2cccc(C(F)(F)F)c2)cc1. The molecular formula is C20H18F3N3O3. The molecule has 0 aliphatic carbocycles. The van der Waals surface area contributed by atoms with Crippen molar-refractivity contribution >= 4 is 17.6 Å². The number of hydrogen-bond acceptors (Lipinski definition) is 3. The minimum Gasteiger partial charge on any atom is -0.497 e. The Hall–Kier alpha value is -3.49. The van der Waals surface area contributed by atoms with Crippen molar-refractivity contribution < 1.29 is 27.5 Å². The number of ether oxygens (including phenoxy) is 1. The Labute approximate surface area is 164 Å². The van der Waals surface area contributed by atoms with Gasteiger partial charge in [-0.15, -0.1) is 0 Å². The van der Waals surface area contributed by atoms with Gasteiger partial charge in [0.1, 0.15) is 5.75 Å². The van der Waals surface area contributed by atoms with Crippen LogP contribution < -0.4 is 20.7 Å². The van der Waals surface area contributed by atoms with Crippen LogP contribution in [0.2, 0.25) is 0 Å². The molecule has 1 atom stereocenters. The first-order valence-corrected chi connectivity index (χ1v) is 8.60. The molecule has 1 heterocycles. The third-order valence-corrected chi connectivity index (χ3v) is 4.41. The summed E-state index contributed by atoms with van der Waals surface area (Å²) >= 11 is 0. The van der Waals surface area contributed by atoms with E-state index in [1.54, 1.807) is 31.2 Å². The van der Waals surface area contributed by atoms with Gasteiger partial charge in [0.25, 0.3) is 5.91 Å². The van der Waals surface area contributed by atoms with E-state index in [2.05, 4.69) is 16.0 Å². The molecule has 0 bridgehead atoms. The molecule has 0 aromatic heterocycles. The molecule has 0 radical (unpaired) electrons. The van der Waals surface area contributed by atoms with Gasteiger partial charge >= 0.3 is 12.2 Å². The van der Waals surface area contributed by atoms with Crippen molar-refractivity contribution in [3.8, 4) is 5.75 Å². The van der Waals surface area contributed by atoms with Crippen molar-refractivity contribution in [2.45, 2.75) is 19.1 Å². The summed E-state index contributed by atoms with van der Waals surface area (Å²) in [6, 6.07) is 9.83. The van der Waals surface area contributed by atoms with Crippen molar-refractivity contribution in [2.24, 2.45) is 0 Å². The van der Waals surface area contributed by atoms with Crippen LogP contribution in [0.1, 0.15) is 24.1 Å². The number of halogens is 3. The highest BCUT2D eigenvalue weighted by Gasteiger charge is 2.33. The minimum atomic E-state index is -4.53. The number of nitrogens with one attached hydrogen (secondary N) is 3. The van der Waals surface area contributed by atoms with E-state index in [1.165, 1.54) is 19.2 Å². The number of benzene rings is 2. The number of alkyl halides is 3. The zero-order valence-electron chi connectivity index (χ0n) is 15.6. The van der Waals surface area contributed by atoms with Gasteiger partial charge in [-0.25, -0.2) is 4.79 Å². The summed E-state index contributed by atoms with van der Waals surface area (Å²) < 4.78 is 43.9. The summed E-state index contributed by atoms with van der Waals surface area (Å²) in [7, 11) is 1.51. The second-order valence-corrected chi connectivity index (χ2v) is 6.38. The zero-order chi connectivity index (χ0) is 21.2. The topological polar surface area (TPSA) is 79.5 Å². The van der Waals surface area contributed by atoms with Gasteiger partial charge in [-0.05, 0) is 42.8 Å². The summed E-state index contributed by atoms with van der Waals surface area (Å²) in [5.41, 5.74) is 0.235. The van der Waals surface area contributed by atoms with Crippen LogP contribution in [0.4, 0.5) is 23.7 Å². The molecular weight excluding hydrogens is 387 g/mol. The molecule has 1 aliphatic heterocycles. The van der Waals surface area contributed by atoms with Crippen LogP contribution in [-0.2, 0) is 11.0 Å². The number of rotatable bonds is 4. The average molecular weight is 405 g/mol. The highest BCUT2D eigenvalue weighted by molar-refractivity contribution is 6.06. The molecule has 3 amide bonds. The van der Waals surface area contributed by atoms with Gasteiger partial charge in [-0.2, -0.15) is 13.2 Å². The Kier molecular flexibility index (Phi) is 5.49. The van der Waals surface area contributed by atoms with E-state index in [1.807, 2.05) is 0 Å². The van der Waals surface area contributed by atoms with Gasteiger partial charge in [-0.1, -0.05) is 18.2 Å². The fourth-order valence-corrected chi connectivity index (χ4v) is 3.01. The number of amides is 3. The van der Waals surface area contributed by atoms with Crippen LogP contribution in [0.15, 0.2) is 59.8 Å². The fraction of sp³-hybridized carbons (Fsp3) is 0.200. The molecule has 3 rings (SSSR count). The highest BCUT2D eigenvalue weighted by Crippen LogP contribution is 2.32. The fourth-order valence-electron chi connectivity index (χ4n) is 3.01. The smallest absolute Gasteiger partial charge is 0.416 e. The molecule has 152 valence electrons. The lowest BCUT2D eigenvalue weighted by Crippen LogP contribution is -2.45. The molecule has 2 aromatic rings. The number of carbonyl (C=O) groups is 2. The van der Waals surface area contributed by atoms with Crippen LogP contribution in [0.25, 0.3) is 0 Å². The number of anilines is 1. The van der Waals surface area contributed by atoms with Crippen LogP contribution in [0.5, 0.6) is 5.75 Å². The van der Waals surface area contributed by atoms with E-state index in [-0.39, 0.29) is 11.3 Å². The average Bonchev–Trinajstić information content (AvgIpc) is 2.67. The highest BCUT2D eigenvalue weighted by atomic mass is 19.4. The summed E-state index contributed by atoms with van der Waals surface area (Å²) in [6.45, 7) is 1.55. The molecule has 0 saturated heterocycles. The molecule has 9 heteroatoms. The van der Waals surface area contributed by atoms with E-state index in [9.17, 15) is 22.8 Å². The van der Waals surface area contributed by atoms with Crippen molar-refractivity contribution in [1.29, 1.82) is 0 Å². The van der Waals surface area contributed by atoms with E-state index in [4.69, 9.17) is 4.74 Å². The molecule has 29 heavy (non-hydrogen) atoms. The molecule has 0 spiro atoms. The maximum atomic E-state index is 12.9. The van der Waals surface area contributed by atoms with Crippen molar-refractivity contribution in [2.75, 3.05) is 12.4 Å². The minimum absolute atomic E-state index is 0.00416. The van der Waals surface area contributed by atoms with Crippen LogP contribution >= 0.6 is 0 Å². The Morgan fingerprint density at radius 3 is 2.45 bits per heavy atom. The lowest BCUT2D eigenvalue weighted by Gasteiger charge is -2.28. The first kappa shape index (κ1) is 20.2. The second-order valence-electron chi connectivity index (χ2n) is 6.38. The van der Waals surface area contributed by atoms with Crippen LogP contribution in [0.3, 0.4) is 0 Å². The van der Waals surface area contributed by atoms with E-state index in [0.717, 1.165) is 12.1 Å². The third kappa shape index (κ3) is 4.50. The summed E-state index contributed by atoms with van der Waals surface area (Å²) in [5.74, 6) is -0.0279. The number of carbonyl (C=O) groups excluding carboxylic acids is 2. The lowest BCUT2D eigenvalue weighted by molar-refractivity contribution is -0.137. The first-order chi connectivity index (χ1) is 13.7. The van der Waals surface area contributed by atoms with Gasteiger partial charge in [0.2, 0.25) is 0 Å². The van der Waals surface area contributed by atoms with Gasteiger partial charge < -0.3 is 20.7 Å². The molecule has 6 nitrogen and oxygen atoms in total. The predicted octanol–water partition coefficient (Wildman–Crippen LogP) is 3.98. The number of allylic oxidation sites excluding steroid dienone is 1. The van der Waals surface area contributed by atoms with Crippen molar-refractivity contribution in [1.82, 2.24) is 10.6 Å². The Bertz CT molecular complexity index is 969. The maximum absolute atomic E-state index is 12.9. The number of hydrogen-bond donors (Lipinski definition) is 3. The summed E-state index contributed by atoms with van der Waals surface area (Å²) in [4.78, 5) is 24.8. The van der Waals surface area contributed by atoms with Crippen LogP contribution in [0, 0.1) is 0 Å². The van der Waals surface area contributed by atoms with Crippen LogP contribution in [-0.4, -0.2) is 19.0 Å². The van der Waals surface area contributed by atoms with Gasteiger partial charge in [-0.3, -0.25) is 4.79 Å². The zero-order valence-corrected chi connectivity index (χ0v) is 15.6. The Balaban J connectivity index is 1.91. The summed E-state index contributed by atoms with van der Waals surface area (Å²) in [6.07, 6.45) is -4.53. The van der Waals surface area contributed by atoms with Crippen molar-refractivity contribution in [3.05, 3.63) is 70.9 Å². The normalized spacial score (nSPS) is 16.7. The maximum Gasteiger partial charge on any atom is 0.416 e. The van der Waals surface area contributed by atoms with E-state index >= 15 is 0 Å². The van der Waals surface area contributed by atoms with Gasteiger partial charge in [0.15, 0.2) is 0 Å². The molecule has 0 unspecified atom stereocenters. The van der Waals surface area contributed by atoms with Crippen molar-refractivity contribution in [3.63, 3.8) is 0 Å². The molecule has 3 N–H and O–H groups in total. The van der Waals surface area contributed by atoms with Gasteiger partial charge in [0, 0.05) is 11.4 Å². The molecule has 0 fully saturated rings. The lowest BCUT2D eigenvalue weighted by atomic mass is 9.94. The monoisotopic (exact) mass is 405 g/mol. The molecule has 1 aliphatic rings. The number of urea groups is 1. The van der Waals surface area contributed by atoms with Gasteiger partial charge in [0.05, 0.1) is 24.3 Å². The van der Waals surface area contributed by atoms with E-state index in [0.29, 0.717) is 17.0 Å². The second kappa shape index (κ2) is 7.86. The standard InChI is InChI=1S/C20H18F3N3O3/c1-11-16(18(27)25-14-5-3-4-13(10-14)20(21,22)23)17(26-19(28)24-11)12-6-8-15(29-2)9-7-12/h3-10,17H,1-2H3,(H,25,27)(H2,24,26,28)/t17-/m0/s1. The number of methoxy groups -OCH3 is 1. The quantitative estimate of drug-likeness (QED) is 0.720. The predicted molar refractivity (Wildman–Crippen MR) is 100 cm³/mol. The Morgan fingerprint density at radius 1 is 1.14 bits per heavy atom. The largest absolute Gasteiger partial charge is 0.497 e. The molecule has 2 aromatic carbocycles. The first-order valence-electron chi connectivity index (χ1n) is 8.60. The summed E-state index contributed by atoms with van der Waals surface area (Å²) in [5, 5.41) is 7.66. The van der Waals surface area contributed by atoms with E-state index < -0.39 is 29.7 Å².